The SMILES string of the molecule is CCc1ccccc1Cc1cccc(C=O)c1. The highest BCUT2D eigenvalue weighted by atomic mass is 16.1. The largest absolute Gasteiger partial charge is 0.298 e. The summed E-state index contributed by atoms with van der Waals surface area (Å²) in [7, 11) is 0. The van der Waals surface area contributed by atoms with Crippen LogP contribution in [0.25, 0.3) is 0 Å². The van der Waals surface area contributed by atoms with E-state index >= 15 is 0 Å². The Morgan fingerprint density at radius 3 is 2.47 bits per heavy atom. The zero-order valence-corrected chi connectivity index (χ0v) is 10.0. The minimum absolute atomic E-state index is 0.747. The third kappa shape index (κ3) is 2.82. The minimum Gasteiger partial charge on any atom is -0.298 e. The van der Waals surface area contributed by atoms with Crippen molar-refractivity contribution in [2.45, 2.75) is 19.8 Å². The van der Waals surface area contributed by atoms with Crippen LogP contribution in [0.5, 0.6) is 0 Å². The summed E-state index contributed by atoms with van der Waals surface area (Å²) in [5, 5.41) is 0. The first-order chi connectivity index (χ1) is 8.33. The van der Waals surface area contributed by atoms with Crippen LogP contribution in [-0.4, -0.2) is 6.29 Å². The number of rotatable bonds is 4. The van der Waals surface area contributed by atoms with E-state index < -0.39 is 0 Å². The summed E-state index contributed by atoms with van der Waals surface area (Å²) in [4.78, 5) is 10.7. The number of benzene rings is 2. The van der Waals surface area contributed by atoms with Crippen molar-refractivity contribution >= 4 is 6.29 Å². The first-order valence-corrected chi connectivity index (χ1v) is 5.94. The second-order valence-electron chi connectivity index (χ2n) is 4.16. The van der Waals surface area contributed by atoms with Crippen molar-refractivity contribution in [1.29, 1.82) is 0 Å². The summed E-state index contributed by atoms with van der Waals surface area (Å²) < 4.78 is 0. The topological polar surface area (TPSA) is 17.1 Å². The van der Waals surface area contributed by atoms with Crippen molar-refractivity contribution in [1.82, 2.24) is 0 Å². The summed E-state index contributed by atoms with van der Waals surface area (Å²) in [6, 6.07) is 16.3. The number of carbonyl (C=O) groups excluding carboxylic acids is 1. The van der Waals surface area contributed by atoms with Crippen LogP contribution in [0.2, 0.25) is 0 Å². The molecule has 0 unspecified atom stereocenters. The summed E-state index contributed by atoms with van der Waals surface area (Å²) in [5.74, 6) is 0. The Balaban J connectivity index is 2.27. The van der Waals surface area contributed by atoms with Crippen molar-refractivity contribution < 1.29 is 4.79 Å². The van der Waals surface area contributed by atoms with Gasteiger partial charge in [-0.3, -0.25) is 4.79 Å². The van der Waals surface area contributed by atoms with Crippen LogP contribution in [0.15, 0.2) is 48.5 Å². The minimum atomic E-state index is 0.747. The number of hydrogen-bond donors (Lipinski definition) is 0. The van der Waals surface area contributed by atoms with Crippen molar-refractivity contribution in [2.75, 3.05) is 0 Å². The standard InChI is InChI=1S/C16H16O/c1-2-15-8-3-4-9-16(15)11-13-6-5-7-14(10-13)12-17/h3-10,12H,2,11H2,1H3. The van der Waals surface area contributed by atoms with Crippen LogP contribution in [0.1, 0.15) is 34.0 Å². The van der Waals surface area contributed by atoms with Crippen molar-refractivity contribution in [3.63, 3.8) is 0 Å². The molecule has 0 heterocycles. The molecule has 0 saturated carbocycles. The summed E-state index contributed by atoms with van der Waals surface area (Å²) >= 11 is 0. The second kappa shape index (κ2) is 5.44. The molecule has 1 heteroatoms. The van der Waals surface area contributed by atoms with Gasteiger partial charge in [0.1, 0.15) is 6.29 Å². The van der Waals surface area contributed by atoms with Crippen LogP contribution in [0.4, 0.5) is 0 Å². The predicted molar refractivity (Wildman–Crippen MR) is 70.5 cm³/mol. The molecule has 2 aromatic rings. The molecular weight excluding hydrogens is 208 g/mol. The predicted octanol–water partition coefficient (Wildman–Crippen LogP) is 3.65. The third-order valence-electron chi connectivity index (χ3n) is 2.98. The van der Waals surface area contributed by atoms with E-state index in [1.165, 1.54) is 16.7 Å². The Bertz CT molecular complexity index is 514. The fourth-order valence-corrected chi connectivity index (χ4v) is 2.07. The molecule has 0 bridgehead atoms. The normalized spacial score (nSPS) is 10.2. The molecule has 17 heavy (non-hydrogen) atoms. The Labute approximate surface area is 102 Å². The van der Waals surface area contributed by atoms with Crippen LogP contribution in [0.3, 0.4) is 0 Å². The Kier molecular flexibility index (Phi) is 3.71. The lowest BCUT2D eigenvalue weighted by atomic mass is 9.97. The van der Waals surface area contributed by atoms with Gasteiger partial charge in [-0.05, 0) is 35.6 Å². The maximum atomic E-state index is 10.7. The fraction of sp³-hybridized carbons (Fsp3) is 0.188. The van der Waals surface area contributed by atoms with E-state index in [2.05, 4.69) is 37.3 Å². The third-order valence-corrected chi connectivity index (χ3v) is 2.98. The fourth-order valence-electron chi connectivity index (χ4n) is 2.07. The molecule has 0 aliphatic carbocycles. The van der Waals surface area contributed by atoms with E-state index in [1.54, 1.807) is 0 Å². The highest BCUT2D eigenvalue weighted by molar-refractivity contribution is 5.74. The van der Waals surface area contributed by atoms with Gasteiger partial charge in [-0.1, -0.05) is 49.4 Å². The molecule has 1 nitrogen and oxygen atoms in total. The molecular formula is C16H16O. The van der Waals surface area contributed by atoms with Gasteiger partial charge >= 0.3 is 0 Å². The van der Waals surface area contributed by atoms with Crippen molar-refractivity contribution in [3.05, 3.63) is 70.8 Å². The lowest BCUT2D eigenvalue weighted by Gasteiger charge is -2.07. The molecule has 0 amide bonds. The van der Waals surface area contributed by atoms with Gasteiger partial charge < -0.3 is 0 Å². The van der Waals surface area contributed by atoms with E-state index in [1.807, 2.05) is 18.2 Å². The summed E-state index contributed by atoms with van der Waals surface area (Å²) in [5.41, 5.74) is 4.66. The van der Waals surface area contributed by atoms with E-state index in [0.29, 0.717) is 0 Å². The molecule has 2 rings (SSSR count). The Hall–Kier alpha value is -1.89. The van der Waals surface area contributed by atoms with E-state index in [9.17, 15) is 4.79 Å². The summed E-state index contributed by atoms with van der Waals surface area (Å²) in [6.45, 7) is 2.17. The molecule has 86 valence electrons. The maximum absolute atomic E-state index is 10.7. The Morgan fingerprint density at radius 2 is 1.76 bits per heavy atom. The van der Waals surface area contributed by atoms with Gasteiger partial charge in [-0.15, -0.1) is 0 Å². The van der Waals surface area contributed by atoms with Crippen LogP contribution in [0, 0.1) is 0 Å². The number of hydrogen-bond acceptors (Lipinski definition) is 1. The molecule has 0 fully saturated rings. The van der Waals surface area contributed by atoms with Crippen LogP contribution >= 0.6 is 0 Å². The van der Waals surface area contributed by atoms with Gasteiger partial charge in [0.05, 0.1) is 0 Å². The van der Waals surface area contributed by atoms with E-state index in [4.69, 9.17) is 0 Å². The molecule has 0 radical (unpaired) electrons. The van der Waals surface area contributed by atoms with E-state index in [-0.39, 0.29) is 0 Å². The zero-order chi connectivity index (χ0) is 12.1. The lowest BCUT2D eigenvalue weighted by Crippen LogP contribution is -1.95. The maximum Gasteiger partial charge on any atom is 0.150 e. The first-order valence-electron chi connectivity index (χ1n) is 5.94. The first kappa shape index (κ1) is 11.6. The van der Waals surface area contributed by atoms with Gasteiger partial charge in [0.2, 0.25) is 0 Å². The molecule has 0 saturated heterocycles. The molecule has 0 aromatic heterocycles. The molecule has 0 N–H and O–H groups in total. The number of aryl methyl sites for hydroxylation is 1. The average molecular weight is 224 g/mol. The number of aldehydes is 1. The van der Waals surface area contributed by atoms with Gasteiger partial charge in [0, 0.05) is 5.56 Å². The zero-order valence-electron chi connectivity index (χ0n) is 10.0. The second-order valence-corrected chi connectivity index (χ2v) is 4.16. The molecule has 0 atom stereocenters. The molecule has 0 aliphatic heterocycles. The Morgan fingerprint density at radius 1 is 1.00 bits per heavy atom. The van der Waals surface area contributed by atoms with Crippen LogP contribution < -0.4 is 0 Å². The van der Waals surface area contributed by atoms with Gasteiger partial charge in [-0.2, -0.15) is 0 Å². The van der Waals surface area contributed by atoms with Gasteiger partial charge in [0.15, 0.2) is 0 Å². The molecule has 0 spiro atoms. The molecule has 2 aromatic carbocycles. The number of carbonyl (C=O) groups is 1. The van der Waals surface area contributed by atoms with Crippen molar-refractivity contribution in [2.24, 2.45) is 0 Å². The van der Waals surface area contributed by atoms with Crippen molar-refractivity contribution in [3.8, 4) is 0 Å². The van der Waals surface area contributed by atoms with Crippen LogP contribution in [-0.2, 0) is 12.8 Å². The average Bonchev–Trinajstić information content (AvgIpc) is 2.39. The quantitative estimate of drug-likeness (QED) is 0.724. The van der Waals surface area contributed by atoms with Gasteiger partial charge in [-0.25, -0.2) is 0 Å². The summed E-state index contributed by atoms with van der Waals surface area (Å²) in [6.07, 6.45) is 2.84. The highest BCUT2D eigenvalue weighted by Crippen LogP contribution is 2.15. The smallest absolute Gasteiger partial charge is 0.150 e. The molecule has 0 aliphatic rings. The highest BCUT2D eigenvalue weighted by Gasteiger charge is 2.02. The lowest BCUT2D eigenvalue weighted by molar-refractivity contribution is 0.112. The van der Waals surface area contributed by atoms with E-state index in [0.717, 1.165) is 24.7 Å². The monoisotopic (exact) mass is 224 g/mol. The van der Waals surface area contributed by atoms with Gasteiger partial charge in [0.25, 0.3) is 0 Å².